The third-order valence-corrected chi connectivity index (χ3v) is 14.6. The zero-order chi connectivity index (χ0) is 26.0. The first kappa shape index (κ1) is 22.9. The van der Waals surface area contributed by atoms with Crippen LogP contribution in [0.3, 0.4) is 0 Å². The molecule has 39 heavy (non-hydrogen) atoms. The van der Waals surface area contributed by atoms with Crippen molar-refractivity contribution >= 4 is 85.9 Å². The van der Waals surface area contributed by atoms with Crippen LogP contribution < -0.4 is 15.9 Å². The molecule has 0 unspecified atom stereocenters. The molecular weight excluding hydrogens is 560 g/mol. The summed E-state index contributed by atoms with van der Waals surface area (Å²) in [5, 5.41) is 7.16. The van der Waals surface area contributed by atoms with E-state index in [2.05, 4.69) is 147 Å². The SMILES string of the molecule is [Se]=P(c1ccccc1)(c1ccccc1)c1cccc2cc3c(nc12)c1ccccc1n1c2ccccc2nc31. The second-order valence-corrected chi connectivity index (χ2v) is 16.0. The molecule has 0 spiro atoms. The van der Waals surface area contributed by atoms with Gasteiger partial charge in [-0.1, -0.05) is 0 Å². The van der Waals surface area contributed by atoms with Gasteiger partial charge in [0.25, 0.3) is 0 Å². The molecular formula is C34H22N3PSe. The molecule has 8 rings (SSSR count). The van der Waals surface area contributed by atoms with E-state index in [0.29, 0.717) is 0 Å². The van der Waals surface area contributed by atoms with Crippen LogP contribution >= 0.6 is 5.51 Å². The molecule has 3 heterocycles. The van der Waals surface area contributed by atoms with Crippen LogP contribution in [-0.2, 0) is 0 Å². The fraction of sp³-hybridized carbons (Fsp3) is 0. The van der Waals surface area contributed by atoms with Crippen molar-refractivity contribution in [1.29, 1.82) is 0 Å². The Labute approximate surface area is 233 Å². The van der Waals surface area contributed by atoms with E-state index in [1.54, 1.807) is 0 Å². The van der Waals surface area contributed by atoms with Gasteiger partial charge in [-0.2, -0.15) is 0 Å². The summed E-state index contributed by atoms with van der Waals surface area (Å²) in [4.78, 5) is 10.6. The molecule has 5 aromatic carbocycles. The van der Waals surface area contributed by atoms with Gasteiger partial charge in [0.1, 0.15) is 0 Å². The number of para-hydroxylation sites is 4. The summed E-state index contributed by atoms with van der Waals surface area (Å²) < 4.78 is 2.28. The molecule has 184 valence electrons. The molecule has 8 aromatic rings. The zero-order valence-electron chi connectivity index (χ0n) is 20.9. The van der Waals surface area contributed by atoms with Crippen molar-refractivity contribution in [2.75, 3.05) is 0 Å². The molecule has 0 bridgehead atoms. The summed E-state index contributed by atoms with van der Waals surface area (Å²) in [5.74, 6) is 0. The Balaban J connectivity index is 1.54. The van der Waals surface area contributed by atoms with E-state index < -0.39 is 5.51 Å². The molecule has 0 N–H and O–H groups in total. The van der Waals surface area contributed by atoms with Gasteiger partial charge in [-0.05, 0) is 0 Å². The predicted octanol–water partition coefficient (Wildman–Crippen LogP) is 6.72. The summed E-state index contributed by atoms with van der Waals surface area (Å²) in [7, 11) is 0. The van der Waals surface area contributed by atoms with Gasteiger partial charge in [0, 0.05) is 0 Å². The van der Waals surface area contributed by atoms with Crippen LogP contribution in [0.2, 0.25) is 0 Å². The molecule has 0 aliphatic carbocycles. The summed E-state index contributed by atoms with van der Waals surface area (Å²) in [6.45, 7) is 0. The first-order valence-corrected chi connectivity index (χ1v) is 17.0. The second-order valence-electron chi connectivity index (χ2n) is 9.79. The van der Waals surface area contributed by atoms with Crippen LogP contribution in [0.5, 0.6) is 0 Å². The molecule has 0 fully saturated rings. The number of fused-ring (bicyclic) bond motifs is 9. The number of nitrogens with zero attached hydrogens (tertiary/aromatic N) is 3. The predicted molar refractivity (Wildman–Crippen MR) is 167 cm³/mol. The van der Waals surface area contributed by atoms with Gasteiger partial charge < -0.3 is 0 Å². The third kappa shape index (κ3) is 3.33. The van der Waals surface area contributed by atoms with Crippen molar-refractivity contribution in [2.45, 2.75) is 0 Å². The number of hydrogen-bond acceptors (Lipinski definition) is 2. The van der Waals surface area contributed by atoms with E-state index in [1.165, 1.54) is 15.9 Å². The Kier molecular flexibility index (Phi) is 5.12. The average Bonchev–Trinajstić information content (AvgIpc) is 3.41. The van der Waals surface area contributed by atoms with E-state index in [0.717, 1.165) is 49.4 Å². The molecule has 3 aromatic heterocycles. The Morgan fingerprint density at radius 3 is 1.92 bits per heavy atom. The summed E-state index contributed by atoms with van der Waals surface area (Å²) in [6.07, 6.45) is 0. The normalized spacial score (nSPS) is 12.2. The number of imidazole rings is 1. The minimum absolute atomic E-state index is 0.944. The van der Waals surface area contributed by atoms with Crippen molar-refractivity contribution in [3.8, 4) is 0 Å². The molecule has 0 aliphatic rings. The summed E-state index contributed by atoms with van der Waals surface area (Å²) >= 11 is 3.72. The van der Waals surface area contributed by atoms with Gasteiger partial charge in [-0.25, -0.2) is 0 Å². The maximum absolute atomic E-state index is 5.50. The van der Waals surface area contributed by atoms with Gasteiger partial charge in [0.05, 0.1) is 0 Å². The molecule has 0 atom stereocenters. The van der Waals surface area contributed by atoms with Crippen molar-refractivity contribution in [1.82, 2.24) is 14.4 Å². The van der Waals surface area contributed by atoms with Crippen molar-refractivity contribution in [3.05, 3.63) is 133 Å². The zero-order valence-corrected chi connectivity index (χ0v) is 23.5. The van der Waals surface area contributed by atoms with Crippen LogP contribution in [0.4, 0.5) is 0 Å². The molecule has 0 aliphatic heterocycles. The van der Waals surface area contributed by atoms with E-state index >= 15 is 0 Å². The van der Waals surface area contributed by atoms with E-state index in [1.807, 2.05) is 6.07 Å². The fourth-order valence-corrected chi connectivity index (χ4v) is 11.1. The Bertz CT molecular complexity index is 2210. The van der Waals surface area contributed by atoms with Gasteiger partial charge in [-0.15, -0.1) is 0 Å². The van der Waals surface area contributed by atoms with Crippen molar-refractivity contribution < 1.29 is 0 Å². The third-order valence-electron chi connectivity index (χ3n) is 7.61. The summed E-state index contributed by atoms with van der Waals surface area (Å²) in [6, 6.07) is 47.5. The molecule has 3 nitrogen and oxygen atoms in total. The molecule has 0 saturated heterocycles. The Morgan fingerprint density at radius 1 is 0.538 bits per heavy atom. The van der Waals surface area contributed by atoms with Crippen molar-refractivity contribution in [2.24, 2.45) is 0 Å². The van der Waals surface area contributed by atoms with E-state index in [9.17, 15) is 0 Å². The summed E-state index contributed by atoms with van der Waals surface area (Å²) in [5.41, 5.74) is 4.10. The molecule has 0 amide bonds. The Hall–Kier alpha value is -4.07. The molecule has 5 heteroatoms. The number of rotatable bonds is 3. The van der Waals surface area contributed by atoms with Crippen molar-refractivity contribution in [3.63, 3.8) is 0 Å². The van der Waals surface area contributed by atoms with Gasteiger partial charge in [0.2, 0.25) is 0 Å². The number of pyridine rings is 2. The molecule has 0 saturated carbocycles. The van der Waals surface area contributed by atoms with Gasteiger partial charge >= 0.3 is 234 Å². The second kappa shape index (κ2) is 8.73. The van der Waals surface area contributed by atoms with Crippen LogP contribution in [-0.4, -0.2) is 29.5 Å². The van der Waals surface area contributed by atoms with Crippen LogP contribution in [0, 0.1) is 0 Å². The van der Waals surface area contributed by atoms with Crippen LogP contribution in [0.1, 0.15) is 0 Å². The maximum atomic E-state index is 5.50. The Morgan fingerprint density at radius 2 is 1.18 bits per heavy atom. The van der Waals surface area contributed by atoms with E-state index in [-0.39, 0.29) is 0 Å². The topological polar surface area (TPSA) is 30.2 Å². The van der Waals surface area contributed by atoms with Gasteiger partial charge in [-0.3, -0.25) is 0 Å². The van der Waals surface area contributed by atoms with Crippen LogP contribution in [0.15, 0.2) is 133 Å². The van der Waals surface area contributed by atoms with Gasteiger partial charge in [0.15, 0.2) is 0 Å². The average molecular weight is 583 g/mol. The number of aromatic nitrogens is 3. The first-order chi connectivity index (χ1) is 19.2. The van der Waals surface area contributed by atoms with Crippen LogP contribution in [0.25, 0.3) is 49.4 Å². The fourth-order valence-electron chi connectivity index (χ4n) is 5.84. The standard InChI is InChI=1S/C34H22N3PSe/c39-38(24-13-3-1-4-14-24,25-15-5-2-6-16-25)31-21-11-12-23-22-27-33(36-32(23)31)26-17-7-9-19-29(26)37-30-20-10-8-18-28(30)35-34(27)37/h1-22H. The van der Waals surface area contributed by atoms with E-state index in [4.69, 9.17) is 9.97 Å². The quantitative estimate of drug-likeness (QED) is 0.100. The number of hydrogen-bond donors (Lipinski definition) is 0. The minimum atomic E-state index is -2.09. The monoisotopic (exact) mass is 583 g/mol. The first-order valence-electron chi connectivity index (χ1n) is 13.0. The molecule has 0 radical (unpaired) electrons. The number of benzene rings is 5.